The minimum absolute atomic E-state index is 0.929. The molecule has 0 N–H and O–H groups in total. The van der Waals surface area contributed by atoms with Gasteiger partial charge >= 0.3 is 0 Å². The van der Waals surface area contributed by atoms with E-state index in [4.69, 9.17) is 4.98 Å². The molecule has 0 aliphatic heterocycles. The predicted octanol–water partition coefficient (Wildman–Crippen LogP) is 10.7. The summed E-state index contributed by atoms with van der Waals surface area (Å²) in [4.78, 5) is 5.13. The molecule has 0 bridgehead atoms. The highest BCUT2D eigenvalue weighted by Crippen LogP contribution is 2.32. The van der Waals surface area contributed by atoms with Crippen molar-refractivity contribution in [1.82, 2.24) is 9.38 Å². The van der Waals surface area contributed by atoms with Gasteiger partial charge in [0.2, 0.25) is 0 Å². The third-order valence-corrected chi connectivity index (χ3v) is 7.46. The minimum Gasteiger partial charge on any atom is -0.296 e. The standard InChI is InChI=1S/C39H36N2/c1-7-9-11-17-27(3)28(4)24-33(31-18-12-10-13-19-31)25-29(5)32-22-23-38-37(26-32)40-39-36-21-15-14-20-35(36)34(16-8-2)30(6)41(38)39/h7-26H,3,5H2,1-2,4,6H3/b9-7-,16-8-,17-11-,28-24+,33-25+. The first-order chi connectivity index (χ1) is 19.9. The van der Waals surface area contributed by atoms with E-state index in [1.54, 1.807) is 0 Å². The molecular formula is C39H36N2. The third-order valence-electron chi connectivity index (χ3n) is 7.46. The van der Waals surface area contributed by atoms with Gasteiger partial charge in [0, 0.05) is 16.6 Å². The molecule has 0 atom stereocenters. The van der Waals surface area contributed by atoms with Crippen LogP contribution >= 0.6 is 0 Å². The summed E-state index contributed by atoms with van der Waals surface area (Å²) in [5, 5.41) is 2.37. The second-order valence-corrected chi connectivity index (χ2v) is 10.2. The van der Waals surface area contributed by atoms with Crippen molar-refractivity contribution in [2.45, 2.75) is 27.7 Å². The Hall–Kier alpha value is -4.95. The Kier molecular flexibility index (Phi) is 8.12. The molecule has 2 aromatic heterocycles. The largest absolute Gasteiger partial charge is 0.296 e. The zero-order valence-electron chi connectivity index (χ0n) is 24.4. The van der Waals surface area contributed by atoms with E-state index in [0.29, 0.717) is 0 Å². The lowest BCUT2D eigenvalue weighted by atomic mass is 9.96. The van der Waals surface area contributed by atoms with Crippen LogP contribution in [0.4, 0.5) is 0 Å². The fourth-order valence-electron chi connectivity index (χ4n) is 5.26. The van der Waals surface area contributed by atoms with Crippen LogP contribution in [0.2, 0.25) is 0 Å². The Bertz CT molecular complexity index is 1940. The van der Waals surface area contributed by atoms with Gasteiger partial charge in [0.25, 0.3) is 0 Å². The summed E-state index contributed by atoms with van der Waals surface area (Å²) < 4.78 is 2.28. The Balaban J connectivity index is 1.61. The summed E-state index contributed by atoms with van der Waals surface area (Å²) in [6.45, 7) is 17.1. The van der Waals surface area contributed by atoms with Gasteiger partial charge in [-0.25, -0.2) is 4.98 Å². The number of benzene rings is 3. The molecule has 2 nitrogen and oxygen atoms in total. The van der Waals surface area contributed by atoms with Gasteiger partial charge in [-0.1, -0.05) is 116 Å². The molecule has 0 radical (unpaired) electrons. The summed E-state index contributed by atoms with van der Waals surface area (Å²) in [5.41, 5.74) is 11.7. The summed E-state index contributed by atoms with van der Waals surface area (Å²) in [7, 11) is 0. The Morgan fingerprint density at radius 3 is 2.27 bits per heavy atom. The van der Waals surface area contributed by atoms with Crippen LogP contribution in [0.15, 0.2) is 140 Å². The molecule has 3 aromatic carbocycles. The fraction of sp³-hybridized carbons (Fsp3) is 0.103. The maximum absolute atomic E-state index is 5.13. The molecule has 0 spiro atoms. The van der Waals surface area contributed by atoms with E-state index in [2.05, 4.69) is 129 Å². The van der Waals surface area contributed by atoms with Crippen LogP contribution in [0.3, 0.4) is 0 Å². The van der Waals surface area contributed by atoms with Crippen LogP contribution in [-0.4, -0.2) is 9.38 Å². The van der Waals surface area contributed by atoms with Crippen molar-refractivity contribution in [3.63, 3.8) is 0 Å². The van der Waals surface area contributed by atoms with Crippen molar-refractivity contribution < 1.29 is 0 Å². The van der Waals surface area contributed by atoms with Gasteiger partial charge in [0.1, 0.15) is 5.65 Å². The number of allylic oxidation sites excluding steroid dienone is 11. The highest BCUT2D eigenvalue weighted by atomic mass is 15.0. The number of rotatable bonds is 8. The van der Waals surface area contributed by atoms with Gasteiger partial charge in [-0.2, -0.15) is 0 Å². The van der Waals surface area contributed by atoms with Crippen LogP contribution in [0, 0.1) is 6.92 Å². The second-order valence-electron chi connectivity index (χ2n) is 10.2. The average Bonchev–Trinajstić information content (AvgIpc) is 3.38. The number of aryl methyl sites for hydroxylation is 1. The maximum atomic E-state index is 5.13. The lowest BCUT2D eigenvalue weighted by Crippen LogP contribution is -1.97. The lowest BCUT2D eigenvalue weighted by molar-refractivity contribution is 1.13. The molecule has 41 heavy (non-hydrogen) atoms. The number of hydrogen-bond donors (Lipinski definition) is 0. The average molecular weight is 533 g/mol. The molecule has 0 aliphatic carbocycles. The quantitative estimate of drug-likeness (QED) is 0.182. The first-order valence-electron chi connectivity index (χ1n) is 14.0. The molecule has 5 aromatic rings. The minimum atomic E-state index is 0.929. The van der Waals surface area contributed by atoms with Gasteiger partial charge in [-0.15, -0.1) is 0 Å². The molecule has 0 unspecified atom stereocenters. The number of imidazole rings is 1. The highest BCUT2D eigenvalue weighted by molar-refractivity contribution is 6.03. The number of aromatic nitrogens is 2. The normalized spacial score (nSPS) is 13.1. The SMILES string of the molecule is C=C(/C=C\C=C/C)/C(C)=C/C(=C\C(=C)c1ccc2c(c1)nc1c3ccccc3c(/C=C\C)c(C)n21)c1ccccc1. The van der Waals surface area contributed by atoms with Gasteiger partial charge in [0.15, 0.2) is 0 Å². The van der Waals surface area contributed by atoms with Crippen molar-refractivity contribution in [3.05, 3.63) is 162 Å². The van der Waals surface area contributed by atoms with E-state index in [0.717, 1.165) is 55.5 Å². The molecule has 0 saturated heterocycles. The van der Waals surface area contributed by atoms with Crippen LogP contribution in [0.5, 0.6) is 0 Å². The topological polar surface area (TPSA) is 17.3 Å². The van der Waals surface area contributed by atoms with E-state index in [1.165, 1.54) is 16.6 Å². The number of pyridine rings is 1. The van der Waals surface area contributed by atoms with Gasteiger partial charge in [-0.05, 0) is 84.7 Å². The van der Waals surface area contributed by atoms with Gasteiger partial charge < -0.3 is 0 Å². The molecule has 2 heterocycles. The van der Waals surface area contributed by atoms with Crippen molar-refractivity contribution in [2.24, 2.45) is 0 Å². The first-order valence-corrected chi connectivity index (χ1v) is 14.0. The van der Waals surface area contributed by atoms with Gasteiger partial charge in [-0.3, -0.25) is 4.40 Å². The second kappa shape index (κ2) is 12.1. The maximum Gasteiger partial charge on any atom is 0.146 e. The third kappa shape index (κ3) is 5.55. The molecule has 0 amide bonds. The molecule has 0 saturated carbocycles. The Morgan fingerprint density at radius 1 is 0.805 bits per heavy atom. The van der Waals surface area contributed by atoms with E-state index in [1.807, 2.05) is 37.3 Å². The fourth-order valence-corrected chi connectivity index (χ4v) is 5.26. The van der Waals surface area contributed by atoms with Crippen LogP contribution < -0.4 is 0 Å². The van der Waals surface area contributed by atoms with Crippen molar-refractivity contribution in [1.29, 1.82) is 0 Å². The predicted molar refractivity (Wildman–Crippen MR) is 180 cm³/mol. The zero-order chi connectivity index (χ0) is 28.9. The number of fused-ring (bicyclic) bond motifs is 5. The van der Waals surface area contributed by atoms with Crippen molar-refractivity contribution >= 4 is 44.7 Å². The van der Waals surface area contributed by atoms with E-state index in [-0.39, 0.29) is 0 Å². The van der Waals surface area contributed by atoms with Crippen molar-refractivity contribution in [2.75, 3.05) is 0 Å². The molecular weight excluding hydrogens is 496 g/mol. The molecule has 2 heteroatoms. The van der Waals surface area contributed by atoms with E-state index in [9.17, 15) is 0 Å². The Labute approximate surface area is 243 Å². The van der Waals surface area contributed by atoms with Crippen LogP contribution in [0.1, 0.15) is 43.2 Å². The summed E-state index contributed by atoms with van der Waals surface area (Å²) in [5.74, 6) is 0. The van der Waals surface area contributed by atoms with Crippen LogP contribution in [-0.2, 0) is 0 Å². The molecule has 0 aliphatic rings. The summed E-state index contributed by atoms with van der Waals surface area (Å²) in [6, 6.07) is 25.4. The summed E-state index contributed by atoms with van der Waals surface area (Å²) in [6.07, 6.45) is 16.7. The number of hydrogen-bond acceptors (Lipinski definition) is 1. The molecule has 202 valence electrons. The Morgan fingerprint density at radius 2 is 1.54 bits per heavy atom. The zero-order valence-corrected chi connectivity index (χ0v) is 24.4. The summed E-state index contributed by atoms with van der Waals surface area (Å²) >= 11 is 0. The van der Waals surface area contributed by atoms with E-state index >= 15 is 0 Å². The number of nitrogens with zero attached hydrogens (tertiary/aromatic N) is 2. The van der Waals surface area contributed by atoms with Gasteiger partial charge in [0.05, 0.1) is 11.0 Å². The van der Waals surface area contributed by atoms with Crippen molar-refractivity contribution in [3.8, 4) is 0 Å². The monoisotopic (exact) mass is 532 g/mol. The molecule has 0 fully saturated rings. The smallest absolute Gasteiger partial charge is 0.146 e. The highest BCUT2D eigenvalue weighted by Gasteiger charge is 2.15. The van der Waals surface area contributed by atoms with E-state index < -0.39 is 0 Å². The first kappa shape index (κ1) is 27.6. The molecule has 5 rings (SSSR count). The lowest BCUT2D eigenvalue weighted by Gasteiger charge is -2.11. The van der Waals surface area contributed by atoms with Crippen LogP contribution in [0.25, 0.3) is 44.7 Å².